The lowest BCUT2D eigenvalue weighted by Gasteiger charge is -2.08. The number of halogens is 6. The van der Waals surface area contributed by atoms with Gasteiger partial charge in [0, 0.05) is 18.4 Å². The van der Waals surface area contributed by atoms with E-state index < -0.39 is 37.1 Å². The molecule has 0 spiro atoms. The van der Waals surface area contributed by atoms with Gasteiger partial charge in [-0.05, 0) is 25.7 Å². The Morgan fingerprint density at radius 2 is 1.00 bits per heavy atom. The fourth-order valence-corrected chi connectivity index (χ4v) is 2.67. The smallest absolute Gasteiger partial charge is 0.389 e. The van der Waals surface area contributed by atoms with Crippen LogP contribution in [0.15, 0.2) is 12.2 Å². The fraction of sp³-hybridized carbons (Fsp3) is 0.810. The molecule has 0 fully saturated rings. The van der Waals surface area contributed by atoms with E-state index in [1.54, 1.807) is 0 Å². The van der Waals surface area contributed by atoms with Gasteiger partial charge in [-0.1, -0.05) is 45.1 Å². The van der Waals surface area contributed by atoms with E-state index in [0.29, 0.717) is 51.4 Å². The number of hydrogen-bond donors (Lipinski definition) is 0. The van der Waals surface area contributed by atoms with Crippen molar-refractivity contribution in [2.24, 2.45) is 0 Å². The van der Waals surface area contributed by atoms with Crippen molar-refractivity contribution >= 4 is 11.9 Å². The fourth-order valence-electron chi connectivity index (χ4n) is 2.67. The van der Waals surface area contributed by atoms with E-state index in [1.807, 2.05) is 0 Å². The predicted molar refractivity (Wildman–Crippen MR) is 103 cm³/mol. The number of hydrogen-bond acceptors (Lipinski definition) is 4. The molecule has 0 amide bonds. The molecule has 0 unspecified atom stereocenters. The SMILES string of the molecule is C=C(CC(=O)OCCCCCCCC(F)(F)F)C(=O)OCCCCCCCC(F)(F)F. The molecule has 182 valence electrons. The lowest BCUT2D eigenvalue weighted by atomic mass is 10.1. The summed E-state index contributed by atoms with van der Waals surface area (Å²) in [5, 5.41) is 0. The van der Waals surface area contributed by atoms with Crippen LogP contribution in [0.2, 0.25) is 0 Å². The molecule has 0 aromatic heterocycles. The average molecular weight is 462 g/mol. The van der Waals surface area contributed by atoms with E-state index >= 15 is 0 Å². The molecule has 0 N–H and O–H groups in total. The van der Waals surface area contributed by atoms with Gasteiger partial charge in [-0.25, -0.2) is 4.79 Å². The number of ether oxygens (including phenoxy) is 2. The van der Waals surface area contributed by atoms with Crippen LogP contribution in [0.3, 0.4) is 0 Å². The van der Waals surface area contributed by atoms with E-state index in [1.165, 1.54) is 0 Å². The number of unbranched alkanes of at least 4 members (excludes halogenated alkanes) is 8. The zero-order valence-electron chi connectivity index (χ0n) is 17.7. The van der Waals surface area contributed by atoms with Crippen molar-refractivity contribution in [1.82, 2.24) is 0 Å². The highest BCUT2D eigenvalue weighted by atomic mass is 19.4. The molecule has 0 aromatic carbocycles. The highest BCUT2D eigenvalue weighted by molar-refractivity contribution is 5.93. The van der Waals surface area contributed by atoms with E-state index in [4.69, 9.17) is 9.47 Å². The molecule has 4 nitrogen and oxygen atoms in total. The van der Waals surface area contributed by atoms with Crippen LogP contribution in [0.4, 0.5) is 26.3 Å². The number of rotatable bonds is 17. The number of carbonyl (C=O) groups excluding carboxylic acids is 2. The lowest BCUT2D eigenvalue weighted by Crippen LogP contribution is -2.14. The van der Waals surface area contributed by atoms with E-state index in [0.717, 1.165) is 0 Å². The third-order valence-electron chi connectivity index (χ3n) is 4.35. The highest BCUT2D eigenvalue weighted by Crippen LogP contribution is 2.23. The van der Waals surface area contributed by atoms with Gasteiger partial charge in [0.25, 0.3) is 0 Å². The summed E-state index contributed by atoms with van der Waals surface area (Å²) in [6.07, 6.45) is -5.51. The van der Waals surface area contributed by atoms with Crippen LogP contribution in [0.5, 0.6) is 0 Å². The molecular weight excluding hydrogens is 430 g/mol. The van der Waals surface area contributed by atoms with Gasteiger partial charge in [-0.15, -0.1) is 0 Å². The molecule has 0 aliphatic heterocycles. The largest absolute Gasteiger partial charge is 0.465 e. The Kier molecular flexibility index (Phi) is 15.1. The van der Waals surface area contributed by atoms with Gasteiger partial charge in [-0.2, -0.15) is 26.3 Å². The number of carbonyl (C=O) groups is 2. The standard InChI is InChI=1S/C21H32F6O4/c1-17(19(29)31-15-11-7-3-5-9-13-21(25,26)27)16-18(28)30-14-10-6-2-4-8-12-20(22,23)24/h1-16H2. The first-order valence-electron chi connectivity index (χ1n) is 10.5. The summed E-state index contributed by atoms with van der Waals surface area (Å²) in [6, 6.07) is 0. The quantitative estimate of drug-likeness (QED) is 0.103. The summed E-state index contributed by atoms with van der Waals surface area (Å²) >= 11 is 0. The maximum atomic E-state index is 12.0. The van der Waals surface area contributed by atoms with Crippen LogP contribution >= 0.6 is 0 Å². The molecule has 0 radical (unpaired) electrons. The van der Waals surface area contributed by atoms with Gasteiger partial charge in [0.15, 0.2) is 0 Å². The molecule has 0 rings (SSSR count). The van der Waals surface area contributed by atoms with Gasteiger partial charge >= 0.3 is 24.3 Å². The topological polar surface area (TPSA) is 52.6 Å². The summed E-state index contributed by atoms with van der Waals surface area (Å²) < 4.78 is 81.8. The summed E-state index contributed by atoms with van der Waals surface area (Å²) in [5.41, 5.74) is -0.0534. The zero-order valence-corrected chi connectivity index (χ0v) is 17.7. The molecule has 0 heterocycles. The van der Waals surface area contributed by atoms with Gasteiger partial charge in [-0.3, -0.25) is 4.79 Å². The van der Waals surface area contributed by atoms with Crippen molar-refractivity contribution in [2.75, 3.05) is 13.2 Å². The van der Waals surface area contributed by atoms with Crippen molar-refractivity contribution in [3.05, 3.63) is 12.2 Å². The third kappa shape index (κ3) is 21.3. The minimum absolute atomic E-state index is 0.0534. The van der Waals surface area contributed by atoms with Crippen molar-refractivity contribution in [1.29, 1.82) is 0 Å². The second-order valence-corrected chi connectivity index (χ2v) is 7.40. The van der Waals surface area contributed by atoms with E-state index in [-0.39, 0.29) is 38.0 Å². The monoisotopic (exact) mass is 462 g/mol. The van der Waals surface area contributed by atoms with Crippen LogP contribution in [0, 0.1) is 0 Å². The molecule has 0 aliphatic carbocycles. The molecule has 31 heavy (non-hydrogen) atoms. The maximum absolute atomic E-state index is 12.0. The summed E-state index contributed by atoms with van der Waals surface area (Å²) in [6.45, 7) is 3.70. The van der Waals surface area contributed by atoms with E-state index in [2.05, 4.69) is 6.58 Å². The Hall–Kier alpha value is -1.74. The van der Waals surface area contributed by atoms with Crippen LogP contribution in [-0.4, -0.2) is 37.5 Å². The Morgan fingerprint density at radius 3 is 1.45 bits per heavy atom. The summed E-state index contributed by atoms with van der Waals surface area (Å²) in [5.74, 6) is -1.36. The molecule has 0 bridgehead atoms. The lowest BCUT2D eigenvalue weighted by molar-refractivity contribution is -0.146. The average Bonchev–Trinajstić information content (AvgIpc) is 2.63. The van der Waals surface area contributed by atoms with Gasteiger partial charge < -0.3 is 9.47 Å². The summed E-state index contributed by atoms with van der Waals surface area (Å²) in [7, 11) is 0. The highest BCUT2D eigenvalue weighted by Gasteiger charge is 2.26. The molecule has 0 saturated heterocycles. The minimum Gasteiger partial charge on any atom is -0.465 e. The molecule has 0 atom stereocenters. The van der Waals surface area contributed by atoms with Gasteiger partial charge in [0.05, 0.1) is 19.6 Å². The first-order valence-corrected chi connectivity index (χ1v) is 10.5. The second-order valence-electron chi connectivity index (χ2n) is 7.40. The summed E-state index contributed by atoms with van der Waals surface area (Å²) in [4.78, 5) is 23.4. The van der Waals surface area contributed by atoms with Crippen LogP contribution in [0.25, 0.3) is 0 Å². The first kappa shape index (κ1) is 29.3. The number of esters is 2. The van der Waals surface area contributed by atoms with Crippen LogP contribution in [0.1, 0.15) is 83.5 Å². The predicted octanol–water partition coefficient (Wildman–Crippen LogP) is 6.82. The van der Waals surface area contributed by atoms with Gasteiger partial charge in [0.2, 0.25) is 0 Å². The molecular formula is C21H32F6O4. The maximum Gasteiger partial charge on any atom is 0.389 e. The van der Waals surface area contributed by atoms with Crippen molar-refractivity contribution < 1.29 is 45.4 Å². The second kappa shape index (κ2) is 16.0. The third-order valence-corrected chi connectivity index (χ3v) is 4.35. The Morgan fingerprint density at radius 1 is 0.613 bits per heavy atom. The Labute approximate surface area is 179 Å². The minimum atomic E-state index is -4.13. The number of alkyl halides is 6. The molecule has 10 heteroatoms. The van der Waals surface area contributed by atoms with Gasteiger partial charge in [0.1, 0.15) is 0 Å². The first-order chi connectivity index (χ1) is 14.4. The molecule has 0 aliphatic rings. The van der Waals surface area contributed by atoms with E-state index in [9.17, 15) is 35.9 Å². The molecule has 0 aromatic rings. The Bertz CT molecular complexity index is 529. The van der Waals surface area contributed by atoms with Crippen molar-refractivity contribution in [3.63, 3.8) is 0 Å². The van der Waals surface area contributed by atoms with Crippen molar-refractivity contribution in [3.8, 4) is 0 Å². The Balaban J connectivity index is 3.61. The molecule has 0 saturated carbocycles. The van der Waals surface area contributed by atoms with Crippen LogP contribution < -0.4 is 0 Å². The zero-order chi connectivity index (χ0) is 23.8. The van der Waals surface area contributed by atoms with Crippen LogP contribution in [-0.2, 0) is 19.1 Å². The van der Waals surface area contributed by atoms with Crippen molar-refractivity contribution in [2.45, 2.75) is 95.8 Å². The normalized spacial score (nSPS) is 11.9.